The molecular weight excluding hydrogens is 290 g/mol. The van der Waals surface area contributed by atoms with Crippen LogP contribution in [0.4, 0.5) is 4.79 Å². The Morgan fingerprint density at radius 3 is 2.04 bits per heavy atom. The third kappa shape index (κ3) is 5.64. The molecule has 2 aliphatic heterocycles. The van der Waals surface area contributed by atoms with Crippen LogP contribution in [0.2, 0.25) is 0 Å². The van der Waals surface area contributed by atoms with Gasteiger partial charge in [-0.2, -0.15) is 0 Å². The van der Waals surface area contributed by atoms with Gasteiger partial charge in [-0.3, -0.25) is 4.90 Å². The Kier molecular flexibility index (Phi) is 5.62. The predicted molar refractivity (Wildman–Crippen MR) is 93.7 cm³/mol. The Bertz CT molecular complexity index is 403. The zero-order valence-electron chi connectivity index (χ0n) is 15.8. The minimum atomic E-state index is -0.414. The van der Waals surface area contributed by atoms with Gasteiger partial charge >= 0.3 is 6.09 Å². The molecule has 5 heteroatoms. The molecule has 1 N–H and O–H groups in total. The monoisotopic (exact) mass is 325 g/mol. The van der Waals surface area contributed by atoms with Crippen LogP contribution < -0.4 is 5.32 Å². The van der Waals surface area contributed by atoms with Crippen molar-refractivity contribution in [3.05, 3.63) is 0 Å². The van der Waals surface area contributed by atoms with E-state index in [1.165, 1.54) is 12.8 Å². The summed E-state index contributed by atoms with van der Waals surface area (Å²) in [6.45, 7) is 16.5. The van der Waals surface area contributed by atoms with E-state index in [1.54, 1.807) is 0 Å². The fourth-order valence-corrected chi connectivity index (χ4v) is 3.44. The van der Waals surface area contributed by atoms with Crippen molar-refractivity contribution in [3.8, 4) is 0 Å². The lowest BCUT2D eigenvalue weighted by Gasteiger charge is -2.41. The van der Waals surface area contributed by atoms with E-state index < -0.39 is 5.60 Å². The lowest BCUT2D eigenvalue weighted by molar-refractivity contribution is 0.0288. The van der Waals surface area contributed by atoms with Crippen LogP contribution in [0.25, 0.3) is 0 Å². The van der Waals surface area contributed by atoms with Gasteiger partial charge in [0, 0.05) is 43.8 Å². The van der Waals surface area contributed by atoms with E-state index in [0.29, 0.717) is 12.1 Å². The zero-order valence-corrected chi connectivity index (χ0v) is 15.8. The molecule has 2 rings (SSSR count). The van der Waals surface area contributed by atoms with Crippen molar-refractivity contribution in [2.24, 2.45) is 0 Å². The first-order valence-electron chi connectivity index (χ1n) is 9.03. The molecule has 2 fully saturated rings. The molecular formula is C18H35N3O2. The lowest BCUT2D eigenvalue weighted by Crippen LogP contribution is -2.52. The SMILES string of the molecule is CC(C)(C)OC(=O)N1CCC(NC2CCN(C(C)(C)C)CC2)C1. The predicted octanol–water partition coefficient (Wildman–Crippen LogP) is 2.85. The van der Waals surface area contributed by atoms with Crippen molar-refractivity contribution >= 4 is 6.09 Å². The third-order valence-electron chi connectivity index (χ3n) is 4.75. The molecule has 5 nitrogen and oxygen atoms in total. The van der Waals surface area contributed by atoms with E-state index in [9.17, 15) is 4.79 Å². The van der Waals surface area contributed by atoms with E-state index >= 15 is 0 Å². The molecule has 0 aliphatic carbocycles. The number of ether oxygens (including phenoxy) is 1. The van der Waals surface area contributed by atoms with Crippen LogP contribution in [0.3, 0.4) is 0 Å². The maximum Gasteiger partial charge on any atom is 0.410 e. The van der Waals surface area contributed by atoms with Crippen LogP contribution in [0.1, 0.15) is 60.8 Å². The highest BCUT2D eigenvalue weighted by molar-refractivity contribution is 5.68. The molecule has 134 valence electrons. The number of rotatable bonds is 2. The van der Waals surface area contributed by atoms with Gasteiger partial charge in [-0.25, -0.2) is 4.79 Å². The number of carbonyl (C=O) groups excluding carboxylic acids is 1. The van der Waals surface area contributed by atoms with Gasteiger partial charge in [-0.15, -0.1) is 0 Å². The average Bonchev–Trinajstić information content (AvgIpc) is 2.85. The van der Waals surface area contributed by atoms with Gasteiger partial charge < -0.3 is 15.0 Å². The van der Waals surface area contributed by atoms with Gasteiger partial charge in [0.15, 0.2) is 0 Å². The topological polar surface area (TPSA) is 44.8 Å². The van der Waals surface area contributed by atoms with Gasteiger partial charge in [0.2, 0.25) is 0 Å². The third-order valence-corrected chi connectivity index (χ3v) is 4.75. The first kappa shape index (κ1) is 18.5. The summed E-state index contributed by atoms with van der Waals surface area (Å²) in [6, 6.07) is 0.992. The quantitative estimate of drug-likeness (QED) is 0.848. The summed E-state index contributed by atoms with van der Waals surface area (Å²) in [5, 5.41) is 3.76. The Morgan fingerprint density at radius 1 is 0.957 bits per heavy atom. The van der Waals surface area contributed by atoms with E-state index in [4.69, 9.17) is 4.74 Å². The first-order valence-corrected chi connectivity index (χ1v) is 9.03. The molecule has 1 atom stereocenters. The molecule has 1 unspecified atom stereocenters. The molecule has 0 saturated carbocycles. The van der Waals surface area contributed by atoms with Crippen molar-refractivity contribution in [1.29, 1.82) is 0 Å². The van der Waals surface area contributed by atoms with E-state index in [1.807, 2.05) is 25.7 Å². The first-order chi connectivity index (χ1) is 10.5. The van der Waals surface area contributed by atoms with Crippen molar-refractivity contribution in [2.45, 2.75) is 84.0 Å². The smallest absolute Gasteiger partial charge is 0.410 e. The van der Waals surface area contributed by atoms with Gasteiger partial charge in [0.05, 0.1) is 0 Å². The number of amides is 1. The van der Waals surface area contributed by atoms with Crippen LogP contribution in [0.5, 0.6) is 0 Å². The second-order valence-corrected chi connectivity index (χ2v) is 9.01. The molecule has 23 heavy (non-hydrogen) atoms. The number of hydrogen-bond acceptors (Lipinski definition) is 4. The largest absolute Gasteiger partial charge is 0.444 e. The Labute approximate surface area is 141 Å². The number of hydrogen-bond donors (Lipinski definition) is 1. The summed E-state index contributed by atoms with van der Waals surface area (Å²) in [6.07, 6.45) is 3.24. The Hall–Kier alpha value is -0.810. The van der Waals surface area contributed by atoms with Crippen molar-refractivity contribution < 1.29 is 9.53 Å². The molecule has 2 saturated heterocycles. The summed E-state index contributed by atoms with van der Waals surface area (Å²) in [7, 11) is 0. The summed E-state index contributed by atoms with van der Waals surface area (Å²) in [5.41, 5.74) is -0.145. The number of carbonyl (C=O) groups is 1. The normalized spacial score (nSPS) is 25.0. The van der Waals surface area contributed by atoms with E-state index in [0.717, 1.165) is 32.6 Å². The molecule has 2 aliphatic rings. The number of nitrogens with one attached hydrogen (secondary N) is 1. The van der Waals surface area contributed by atoms with Crippen LogP contribution in [-0.4, -0.2) is 65.3 Å². The maximum atomic E-state index is 12.1. The fraction of sp³-hybridized carbons (Fsp3) is 0.944. The van der Waals surface area contributed by atoms with Crippen molar-refractivity contribution in [2.75, 3.05) is 26.2 Å². The van der Waals surface area contributed by atoms with Gasteiger partial charge in [0.25, 0.3) is 0 Å². The summed E-state index contributed by atoms with van der Waals surface area (Å²) in [4.78, 5) is 16.5. The zero-order chi connectivity index (χ0) is 17.3. The fourth-order valence-electron chi connectivity index (χ4n) is 3.44. The summed E-state index contributed by atoms with van der Waals surface area (Å²) < 4.78 is 5.46. The van der Waals surface area contributed by atoms with Crippen LogP contribution in [0.15, 0.2) is 0 Å². The van der Waals surface area contributed by atoms with Gasteiger partial charge in [0.1, 0.15) is 5.60 Å². The minimum absolute atomic E-state index is 0.177. The van der Waals surface area contributed by atoms with E-state index in [-0.39, 0.29) is 11.6 Å². The molecule has 0 aromatic carbocycles. The minimum Gasteiger partial charge on any atom is -0.444 e. The molecule has 0 aromatic heterocycles. The Morgan fingerprint density at radius 2 is 1.52 bits per heavy atom. The second kappa shape index (κ2) is 6.98. The second-order valence-electron chi connectivity index (χ2n) is 9.01. The van der Waals surface area contributed by atoms with Crippen LogP contribution >= 0.6 is 0 Å². The molecule has 2 heterocycles. The standard InChI is InChI=1S/C18H35N3O2/c1-17(2,3)21-11-8-14(9-12-21)19-15-7-10-20(13-15)16(22)23-18(4,5)6/h14-15,19H,7-13H2,1-6H3. The highest BCUT2D eigenvalue weighted by Crippen LogP contribution is 2.22. The van der Waals surface area contributed by atoms with E-state index in [2.05, 4.69) is 31.0 Å². The summed E-state index contributed by atoms with van der Waals surface area (Å²) in [5.74, 6) is 0. The molecule has 0 spiro atoms. The van der Waals surface area contributed by atoms with Crippen LogP contribution in [0, 0.1) is 0 Å². The van der Waals surface area contributed by atoms with Gasteiger partial charge in [-0.1, -0.05) is 0 Å². The van der Waals surface area contributed by atoms with Crippen LogP contribution in [-0.2, 0) is 4.74 Å². The molecule has 0 aromatic rings. The average molecular weight is 325 g/mol. The molecule has 0 radical (unpaired) electrons. The van der Waals surface area contributed by atoms with Gasteiger partial charge in [-0.05, 0) is 60.8 Å². The Balaban J connectivity index is 1.73. The number of likely N-dealkylation sites (tertiary alicyclic amines) is 2. The number of piperidine rings is 1. The molecule has 1 amide bonds. The number of nitrogens with zero attached hydrogens (tertiary/aromatic N) is 2. The summed E-state index contributed by atoms with van der Waals surface area (Å²) >= 11 is 0. The highest BCUT2D eigenvalue weighted by atomic mass is 16.6. The lowest BCUT2D eigenvalue weighted by atomic mass is 9.97. The highest BCUT2D eigenvalue weighted by Gasteiger charge is 2.32. The molecule has 0 bridgehead atoms. The maximum absolute atomic E-state index is 12.1. The van der Waals surface area contributed by atoms with Crippen molar-refractivity contribution in [1.82, 2.24) is 15.1 Å². The van der Waals surface area contributed by atoms with Crippen molar-refractivity contribution in [3.63, 3.8) is 0 Å².